The van der Waals surface area contributed by atoms with E-state index in [0.29, 0.717) is 6.35 Å². The Balaban J connectivity index is 2.17. The maximum atomic E-state index is 9.18. The molecule has 0 aliphatic heterocycles. The molecule has 0 aromatic heterocycles. The Kier molecular flexibility index (Phi) is 6.59. The van der Waals surface area contributed by atoms with Crippen molar-refractivity contribution in [3.05, 3.63) is 60.7 Å². The van der Waals surface area contributed by atoms with Crippen LogP contribution in [0, 0.1) is 0 Å². The molecule has 0 aliphatic rings. The van der Waals surface area contributed by atoms with E-state index >= 15 is 0 Å². The monoisotopic (exact) mass is 308 g/mol. The Hall–Kier alpha value is -0.820. The van der Waals surface area contributed by atoms with Gasteiger partial charge in [-0.2, -0.15) is 0 Å². The van der Waals surface area contributed by atoms with Gasteiger partial charge in [-0.25, -0.2) is 0 Å². The maximum Gasteiger partial charge on any atom is 0.0922 e. The fourth-order valence-electron chi connectivity index (χ4n) is 1.69. The molecule has 0 atom stereocenters. The van der Waals surface area contributed by atoms with Crippen LogP contribution in [0.4, 0.5) is 0 Å². The van der Waals surface area contributed by atoms with E-state index in [2.05, 4.69) is 24.3 Å². The zero-order valence-corrected chi connectivity index (χ0v) is 12.9. The second kappa shape index (κ2) is 8.46. The number of hydrogen-bond acceptors (Lipinski definition) is 3. The molecular formula is C15H18O3P2. The number of aliphatic hydroxyl groups is 2. The predicted molar refractivity (Wildman–Crippen MR) is 86.1 cm³/mol. The summed E-state index contributed by atoms with van der Waals surface area (Å²) in [7, 11) is -1.77. The van der Waals surface area contributed by atoms with Crippen LogP contribution in [-0.4, -0.2) is 29.3 Å². The van der Waals surface area contributed by atoms with Crippen LogP contribution in [0.2, 0.25) is 0 Å². The molecule has 0 radical (unpaired) electrons. The van der Waals surface area contributed by atoms with Crippen molar-refractivity contribution in [2.24, 2.45) is 0 Å². The van der Waals surface area contributed by atoms with Crippen molar-refractivity contribution in [1.82, 2.24) is 0 Å². The number of benzene rings is 2. The molecule has 0 bridgehead atoms. The Morgan fingerprint density at radius 2 is 1.20 bits per heavy atom. The quantitative estimate of drug-likeness (QED) is 0.772. The van der Waals surface area contributed by atoms with Crippen molar-refractivity contribution in [2.75, 3.05) is 19.0 Å². The zero-order valence-electron chi connectivity index (χ0n) is 11.1. The molecule has 2 aromatic carbocycles. The summed E-state index contributed by atoms with van der Waals surface area (Å²) in [5, 5.41) is 20.6. The van der Waals surface area contributed by atoms with Crippen LogP contribution < -0.4 is 10.6 Å². The molecule has 0 saturated carbocycles. The highest BCUT2D eigenvalue weighted by molar-refractivity contribution is 7.69. The van der Waals surface area contributed by atoms with Gasteiger partial charge < -0.3 is 14.7 Å². The van der Waals surface area contributed by atoms with Gasteiger partial charge >= 0.3 is 0 Å². The van der Waals surface area contributed by atoms with E-state index in [9.17, 15) is 10.2 Å². The molecule has 0 fully saturated rings. The van der Waals surface area contributed by atoms with Crippen molar-refractivity contribution >= 4 is 26.7 Å². The molecule has 0 amide bonds. The van der Waals surface area contributed by atoms with Gasteiger partial charge in [0.1, 0.15) is 0 Å². The van der Waals surface area contributed by atoms with Gasteiger partial charge in [0, 0.05) is 10.6 Å². The Labute approximate surface area is 121 Å². The average molecular weight is 308 g/mol. The molecule has 3 nitrogen and oxygen atoms in total. The van der Waals surface area contributed by atoms with Gasteiger partial charge in [-0.1, -0.05) is 60.7 Å². The SMILES string of the molecule is OCP(CO)COP(c1ccccc1)c1ccccc1. The van der Waals surface area contributed by atoms with Crippen LogP contribution >= 0.6 is 16.1 Å². The highest BCUT2D eigenvalue weighted by Gasteiger charge is 2.16. The lowest BCUT2D eigenvalue weighted by Gasteiger charge is -2.21. The number of aliphatic hydroxyl groups excluding tert-OH is 2. The first-order valence-corrected chi connectivity index (χ1v) is 9.48. The number of rotatable bonds is 7. The van der Waals surface area contributed by atoms with E-state index in [1.54, 1.807) is 0 Å². The first-order chi connectivity index (χ1) is 9.85. The Morgan fingerprint density at radius 1 is 0.750 bits per heavy atom. The topological polar surface area (TPSA) is 49.7 Å². The van der Waals surface area contributed by atoms with Crippen LogP contribution in [0.1, 0.15) is 0 Å². The minimum absolute atomic E-state index is 0.00140. The first-order valence-electron chi connectivity index (χ1n) is 6.32. The van der Waals surface area contributed by atoms with Crippen LogP contribution in [0.15, 0.2) is 60.7 Å². The molecule has 0 saturated heterocycles. The molecule has 20 heavy (non-hydrogen) atoms. The van der Waals surface area contributed by atoms with Gasteiger partial charge in [0.2, 0.25) is 0 Å². The van der Waals surface area contributed by atoms with E-state index < -0.39 is 16.1 Å². The average Bonchev–Trinajstić information content (AvgIpc) is 2.53. The second-order valence-electron chi connectivity index (χ2n) is 4.18. The Bertz CT molecular complexity index is 449. The molecule has 2 N–H and O–H groups in total. The summed E-state index contributed by atoms with van der Waals surface area (Å²) in [5.41, 5.74) is 0. The smallest absolute Gasteiger partial charge is 0.0922 e. The summed E-state index contributed by atoms with van der Waals surface area (Å²) < 4.78 is 6.03. The van der Waals surface area contributed by atoms with Crippen LogP contribution in [0.3, 0.4) is 0 Å². The largest absolute Gasteiger partial charge is 0.392 e. The molecule has 5 heteroatoms. The van der Waals surface area contributed by atoms with Crippen molar-refractivity contribution in [3.63, 3.8) is 0 Å². The summed E-state index contributed by atoms with van der Waals surface area (Å²) in [6.45, 7) is 0. The van der Waals surface area contributed by atoms with Gasteiger partial charge in [-0.05, 0) is 7.92 Å². The molecule has 0 heterocycles. The van der Waals surface area contributed by atoms with Gasteiger partial charge in [0.15, 0.2) is 0 Å². The molecule has 2 rings (SSSR count). The fraction of sp³-hybridized carbons (Fsp3) is 0.200. The van der Waals surface area contributed by atoms with Crippen LogP contribution in [-0.2, 0) is 4.52 Å². The van der Waals surface area contributed by atoms with Gasteiger partial charge in [0.25, 0.3) is 0 Å². The lowest BCUT2D eigenvalue weighted by Crippen LogP contribution is -2.14. The van der Waals surface area contributed by atoms with Gasteiger partial charge in [-0.15, -0.1) is 0 Å². The fourth-order valence-corrected chi connectivity index (χ4v) is 4.54. The molecule has 0 spiro atoms. The predicted octanol–water partition coefficient (Wildman–Crippen LogP) is 2.39. The van der Waals surface area contributed by atoms with Crippen molar-refractivity contribution in [3.8, 4) is 0 Å². The van der Waals surface area contributed by atoms with Gasteiger partial charge in [0.05, 0.1) is 27.2 Å². The summed E-state index contributed by atoms with van der Waals surface area (Å²) in [5.74, 6) is 0. The van der Waals surface area contributed by atoms with E-state index in [0.717, 1.165) is 10.6 Å². The van der Waals surface area contributed by atoms with E-state index in [1.165, 1.54) is 0 Å². The zero-order chi connectivity index (χ0) is 14.2. The third kappa shape index (κ3) is 4.34. The highest BCUT2D eigenvalue weighted by Crippen LogP contribution is 2.41. The summed E-state index contributed by atoms with van der Waals surface area (Å²) in [6, 6.07) is 20.2. The standard InChI is InChI=1S/C15H18O3P2/c16-11-19(12-17)13-18-20(14-7-3-1-4-8-14)15-9-5-2-6-10-15/h1-10,16-17H,11-13H2. The highest BCUT2D eigenvalue weighted by atomic mass is 31.1. The third-order valence-electron chi connectivity index (χ3n) is 2.75. The number of hydrogen-bond donors (Lipinski definition) is 2. The van der Waals surface area contributed by atoms with E-state index in [-0.39, 0.29) is 12.7 Å². The van der Waals surface area contributed by atoms with Gasteiger partial charge in [-0.3, -0.25) is 0 Å². The maximum absolute atomic E-state index is 9.18. The minimum atomic E-state index is -0.901. The Morgan fingerprint density at radius 3 is 1.60 bits per heavy atom. The summed E-state index contributed by atoms with van der Waals surface area (Å²) in [6.07, 6.45) is 0.412. The molecule has 0 aliphatic carbocycles. The molecule has 0 unspecified atom stereocenters. The van der Waals surface area contributed by atoms with Crippen LogP contribution in [0.25, 0.3) is 0 Å². The molecule has 2 aromatic rings. The summed E-state index contributed by atoms with van der Waals surface area (Å²) >= 11 is 0. The van der Waals surface area contributed by atoms with E-state index in [4.69, 9.17) is 4.52 Å². The third-order valence-corrected chi connectivity index (χ3v) is 6.17. The minimum Gasteiger partial charge on any atom is -0.392 e. The lowest BCUT2D eigenvalue weighted by molar-refractivity contribution is 0.333. The normalized spacial score (nSPS) is 11.2. The van der Waals surface area contributed by atoms with Crippen LogP contribution in [0.5, 0.6) is 0 Å². The van der Waals surface area contributed by atoms with Crippen molar-refractivity contribution in [2.45, 2.75) is 0 Å². The van der Waals surface area contributed by atoms with Crippen molar-refractivity contribution in [1.29, 1.82) is 0 Å². The summed E-state index contributed by atoms with van der Waals surface area (Å²) in [4.78, 5) is 0. The molecular weight excluding hydrogens is 290 g/mol. The first kappa shape index (κ1) is 15.6. The lowest BCUT2D eigenvalue weighted by atomic mass is 10.4. The van der Waals surface area contributed by atoms with Crippen molar-refractivity contribution < 1.29 is 14.7 Å². The second-order valence-corrected chi connectivity index (χ2v) is 8.22. The van der Waals surface area contributed by atoms with E-state index in [1.807, 2.05) is 36.4 Å². The molecule has 106 valence electrons.